The molecule has 1 spiro atoms. The average molecular weight is 469 g/mol. The molecule has 6 rings (SSSR count). The van der Waals surface area contributed by atoms with Crippen LogP contribution in [0.4, 0.5) is 4.39 Å². The largest absolute Gasteiger partial charge is 0.349 e. The molecule has 3 aromatic heterocycles. The lowest BCUT2D eigenvalue weighted by atomic mass is 9.54. The van der Waals surface area contributed by atoms with E-state index in [1.54, 1.807) is 36.8 Å². The number of benzene rings is 1. The Labute approximate surface area is 201 Å². The topological polar surface area (TPSA) is 76.9 Å². The summed E-state index contributed by atoms with van der Waals surface area (Å²) in [5.74, 6) is -0.772. The van der Waals surface area contributed by atoms with Gasteiger partial charge in [-0.3, -0.25) is 19.1 Å². The minimum absolute atomic E-state index is 0.0653. The smallest absolute Gasteiger partial charge is 0.266 e. The Bertz CT molecular complexity index is 1470. The Balaban J connectivity index is 1.51. The van der Waals surface area contributed by atoms with Crippen LogP contribution in [0.5, 0.6) is 0 Å². The minimum Gasteiger partial charge on any atom is -0.349 e. The molecular weight excluding hydrogens is 443 g/mol. The van der Waals surface area contributed by atoms with Gasteiger partial charge in [-0.05, 0) is 72.6 Å². The molecule has 2 aliphatic rings. The first-order valence-corrected chi connectivity index (χ1v) is 12.0. The van der Waals surface area contributed by atoms with Crippen LogP contribution in [-0.2, 0) is 6.54 Å². The number of nitrogens with zero attached hydrogens (tertiary/aromatic N) is 3. The standard InChI is InChI=1S/C28H25FN4O2/c29-20-8-6-19(7-9-20)23-22-5-2-13-31-25(22)33(17-18-4-1-12-30-16-18)27(35)24(23)26(34)32-21-14-28(15-21)10-3-11-28/h1-2,4-9,12-13,16,21H,3,10-11,14-15,17H2,(H,32,34). The van der Waals surface area contributed by atoms with Crippen molar-refractivity contribution >= 4 is 16.9 Å². The predicted molar refractivity (Wildman–Crippen MR) is 132 cm³/mol. The van der Waals surface area contributed by atoms with Gasteiger partial charge in [-0.25, -0.2) is 9.37 Å². The molecule has 6 nitrogen and oxygen atoms in total. The fraction of sp³-hybridized carbons (Fsp3) is 0.286. The third kappa shape index (κ3) is 3.81. The van der Waals surface area contributed by atoms with E-state index >= 15 is 0 Å². The van der Waals surface area contributed by atoms with Crippen molar-refractivity contribution in [2.24, 2.45) is 5.41 Å². The minimum atomic E-state index is -0.422. The number of nitrogens with one attached hydrogen (secondary N) is 1. The van der Waals surface area contributed by atoms with Crippen molar-refractivity contribution in [3.63, 3.8) is 0 Å². The third-order valence-corrected chi connectivity index (χ3v) is 7.55. The molecule has 35 heavy (non-hydrogen) atoms. The lowest BCUT2D eigenvalue weighted by Crippen LogP contribution is -2.54. The lowest BCUT2D eigenvalue weighted by molar-refractivity contribution is -0.000639. The second kappa shape index (κ2) is 8.41. The van der Waals surface area contributed by atoms with Crippen LogP contribution in [0.2, 0.25) is 0 Å². The summed E-state index contributed by atoms with van der Waals surface area (Å²) >= 11 is 0. The number of hydrogen-bond acceptors (Lipinski definition) is 4. The van der Waals surface area contributed by atoms with Gasteiger partial charge in [-0.2, -0.15) is 0 Å². The molecule has 0 aliphatic heterocycles. The normalized spacial score (nSPS) is 16.6. The van der Waals surface area contributed by atoms with E-state index in [1.165, 1.54) is 36.0 Å². The first-order valence-electron chi connectivity index (χ1n) is 12.0. The van der Waals surface area contributed by atoms with Crippen LogP contribution in [0.1, 0.15) is 48.0 Å². The van der Waals surface area contributed by atoms with Crippen LogP contribution in [0.3, 0.4) is 0 Å². The number of rotatable bonds is 5. The molecule has 0 unspecified atom stereocenters. The second-order valence-corrected chi connectivity index (χ2v) is 9.82. The van der Waals surface area contributed by atoms with Crippen LogP contribution in [0, 0.1) is 11.2 Å². The highest BCUT2D eigenvalue weighted by molar-refractivity contribution is 6.08. The summed E-state index contributed by atoms with van der Waals surface area (Å²) in [6, 6.07) is 13.3. The number of pyridine rings is 3. The highest BCUT2D eigenvalue weighted by atomic mass is 19.1. The second-order valence-electron chi connectivity index (χ2n) is 9.82. The number of fused-ring (bicyclic) bond motifs is 1. The van der Waals surface area contributed by atoms with Crippen molar-refractivity contribution in [2.45, 2.75) is 44.7 Å². The van der Waals surface area contributed by atoms with Gasteiger partial charge < -0.3 is 5.32 Å². The van der Waals surface area contributed by atoms with Gasteiger partial charge in [0, 0.05) is 35.6 Å². The maximum absolute atomic E-state index is 13.9. The molecule has 2 fully saturated rings. The van der Waals surface area contributed by atoms with Crippen LogP contribution in [-0.4, -0.2) is 26.5 Å². The number of aromatic nitrogens is 3. The molecule has 2 aliphatic carbocycles. The van der Waals surface area contributed by atoms with Gasteiger partial charge in [-0.15, -0.1) is 0 Å². The fourth-order valence-electron chi connectivity index (χ4n) is 5.66. The zero-order valence-corrected chi connectivity index (χ0v) is 19.2. The molecule has 0 radical (unpaired) electrons. The maximum Gasteiger partial charge on any atom is 0.266 e. The van der Waals surface area contributed by atoms with E-state index in [0.29, 0.717) is 27.6 Å². The molecule has 2 saturated carbocycles. The number of carbonyl (C=O) groups is 1. The van der Waals surface area contributed by atoms with Crippen molar-refractivity contribution in [3.8, 4) is 11.1 Å². The average Bonchev–Trinajstić information content (AvgIpc) is 2.82. The number of hydrogen-bond donors (Lipinski definition) is 1. The summed E-state index contributed by atoms with van der Waals surface area (Å²) in [4.78, 5) is 36.3. The number of carbonyl (C=O) groups excluding carboxylic acids is 1. The van der Waals surface area contributed by atoms with Crippen LogP contribution in [0.15, 0.2) is 71.9 Å². The van der Waals surface area contributed by atoms with Crippen molar-refractivity contribution in [2.75, 3.05) is 0 Å². The molecule has 1 aromatic carbocycles. The van der Waals surface area contributed by atoms with E-state index in [1.807, 2.05) is 18.2 Å². The van der Waals surface area contributed by atoms with E-state index in [4.69, 9.17) is 0 Å². The zero-order valence-electron chi connectivity index (χ0n) is 19.2. The van der Waals surface area contributed by atoms with Crippen LogP contribution < -0.4 is 10.9 Å². The fourth-order valence-corrected chi connectivity index (χ4v) is 5.66. The zero-order chi connectivity index (χ0) is 24.0. The molecule has 1 amide bonds. The Morgan fingerprint density at radius 3 is 2.54 bits per heavy atom. The van der Waals surface area contributed by atoms with Crippen molar-refractivity contribution in [1.82, 2.24) is 19.9 Å². The Morgan fingerprint density at radius 1 is 1.09 bits per heavy atom. The quantitative estimate of drug-likeness (QED) is 0.460. The van der Waals surface area contributed by atoms with Crippen molar-refractivity contribution in [1.29, 1.82) is 0 Å². The van der Waals surface area contributed by atoms with E-state index in [9.17, 15) is 14.0 Å². The first-order chi connectivity index (χ1) is 17.0. The Hall–Kier alpha value is -3.87. The van der Waals surface area contributed by atoms with Crippen molar-refractivity contribution in [3.05, 3.63) is 94.4 Å². The van der Waals surface area contributed by atoms with Gasteiger partial charge >= 0.3 is 0 Å². The summed E-state index contributed by atoms with van der Waals surface area (Å²) in [7, 11) is 0. The first kappa shape index (κ1) is 21.6. The van der Waals surface area contributed by atoms with Crippen molar-refractivity contribution < 1.29 is 9.18 Å². The lowest BCUT2D eigenvalue weighted by Gasteiger charge is -2.54. The molecule has 3 heterocycles. The number of halogens is 1. The summed E-state index contributed by atoms with van der Waals surface area (Å²) in [5.41, 5.74) is 2.42. The summed E-state index contributed by atoms with van der Waals surface area (Å²) in [5, 5.41) is 3.78. The van der Waals surface area contributed by atoms with E-state index < -0.39 is 5.56 Å². The van der Waals surface area contributed by atoms with Gasteiger partial charge in [0.25, 0.3) is 11.5 Å². The molecule has 4 aromatic rings. The maximum atomic E-state index is 13.9. The summed E-state index contributed by atoms with van der Waals surface area (Å²) in [6.07, 6.45) is 10.6. The summed E-state index contributed by atoms with van der Waals surface area (Å²) < 4.78 is 15.3. The SMILES string of the molecule is O=C(NC1CC2(CCC2)C1)c1c(-c2ccc(F)cc2)c2cccnc2n(Cc2cccnc2)c1=O. The van der Waals surface area contributed by atoms with Gasteiger partial charge in [0.15, 0.2) is 0 Å². The monoisotopic (exact) mass is 468 g/mol. The van der Waals surface area contributed by atoms with Crippen LogP contribution in [0.25, 0.3) is 22.2 Å². The molecule has 0 atom stereocenters. The molecule has 0 bridgehead atoms. The van der Waals surface area contributed by atoms with Crippen LogP contribution >= 0.6 is 0 Å². The van der Waals surface area contributed by atoms with E-state index in [2.05, 4.69) is 15.3 Å². The molecular formula is C28H25FN4O2. The molecule has 1 N–H and O–H groups in total. The number of amides is 1. The van der Waals surface area contributed by atoms with E-state index in [0.717, 1.165) is 18.4 Å². The molecule has 7 heteroatoms. The van der Waals surface area contributed by atoms with Gasteiger partial charge in [-0.1, -0.05) is 24.6 Å². The van der Waals surface area contributed by atoms with Gasteiger partial charge in [0.05, 0.1) is 6.54 Å². The molecule has 0 saturated heterocycles. The van der Waals surface area contributed by atoms with Gasteiger partial charge in [0.2, 0.25) is 0 Å². The third-order valence-electron chi connectivity index (χ3n) is 7.55. The highest BCUT2D eigenvalue weighted by Crippen LogP contribution is 2.55. The summed E-state index contributed by atoms with van der Waals surface area (Å²) in [6.45, 7) is 0.233. The van der Waals surface area contributed by atoms with Gasteiger partial charge in [0.1, 0.15) is 17.0 Å². The Kier molecular flexibility index (Phi) is 5.20. The predicted octanol–water partition coefficient (Wildman–Crippen LogP) is 4.71. The highest BCUT2D eigenvalue weighted by Gasteiger charge is 2.48. The Morgan fingerprint density at radius 2 is 1.86 bits per heavy atom. The molecule has 176 valence electrons. The van der Waals surface area contributed by atoms with E-state index in [-0.39, 0.29) is 29.9 Å².